The first-order valence-corrected chi connectivity index (χ1v) is 7.12. The first-order chi connectivity index (χ1) is 9.51. The molecule has 0 aliphatic rings. The molecule has 0 heterocycles. The van der Waals surface area contributed by atoms with E-state index in [1.54, 1.807) is 0 Å². The summed E-state index contributed by atoms with van der Waals surface area (Å²) >= 11 is 5.51. The fourth-order valence-corrected chi connectivity index (χ4v) is 2.77. The second kappa shape index (κ2) is 6.42. The number of benzene rings is 1. The third kappa shape index (κ3) is 4.25. The molecule has 0 amide bonds. The van der Waals surface area contributed by atoms with Crippen LogP contribution in [0.2, 0.25) is 5.02 Å². The van der Waals surface area contributed by atoms with Crippen LogP contribution in [0.1, 0.15) is 5.56 Å². The zero-order valence-electron chi connectivity index (χ0n) is 10.1. The highest BCUT2D eigenvalue weighted by Gasteiger charge is 2.42. The van der Waals surface area contributed by atoms with Crippen LogP contribution in [0.15, 0.2) is 17.0 Å². The molecule has 0 bridgehead atoms. The van der Waals surface area contributed by atoms with Gasteiger partial charge in [-0.2, -0.15) is 8.78 Å². The van der Waals surface area contributed by atoms with Gasteiger partial charge in [-0.15, -0.1) is 0 Å². The second-order valence-corrected chi connectivity index (χ2v) is 6.09. The highest BCUT2D eigenvalue weighted by atomic mass is 35.5. The quantitative estimate of drug-likeness (QED) is 0.770. The lowest BCUT2D eigenvalue weighted by molar-refractivity contribution is -0.122. The normalized spacial score (nSPS) is 13.0. The van der Waals surface area contributed by atoms with Crippen molar-refractivity contribution < 1.29 is 35.5 Å². The Hall–Kier alpha value is -0.970. The minimum absolute atomic E-state index is 0.276. The number of hydrogen-bond donors (Lipinski definition) is 2. The summed E-state index contributed by atoms with van der Waals surface area (Å²) in [6, 6.07) is 1.54. The average molecular weight is 354 g/mol. The molecule has 0 atom stereocenters. The summed E-state index contributed by atoms with van der Waals surface area (Å²) in [5.41, 5.74) is -0.483. The SMILES string of the molecule is O=S(=O)(NCC(F)(F)C(F)F)c1cc(Cl)cc(CO)c1F. The van der Waals surface area contributed by atoms with Crippen LogP contribution in [0.5, 0.6) is 0 Å². The maximum absolute atomic E-state index is 13.8. The van der Waals surface area contributed by atoms with Gasteiger partial charge in [-0.3, -0.25) is 0 Å². The summed E-state index contributed by atoms with van der Waals surface area (Å²) in [6.07, 6.45) is -4.09. The number of sulfonamides is 1. The van der Waals surface area contributed by atoms with E-state index in [-0.39, 0.29) is 5.02 Å². The van der Waals surface area contributed by atoms with E-state index in [1.807, 2.05) is 0 Å². The number of alkyl halides is 4. The Morgan fingerprint density at radius 2 is 1.90 bits per heavy atom. The Balaban J connectivity index is 3.12. The summed E-state index contributed by atoms with van der Waals surface area (Å²) in [4.78, 5) is -1.12. The van der Waals surface area contributed by atoms with Gasteiger partial charge in [0.1, 0.15) is 10.7 Å². The van der Waals surface area contributed by atoms with E-state index in [0.29, 0.717) is 6.07 Å². The Bertz CT molecular complexity index is 623. The molecule has 11 heteroatoms. The van der Waals surface area contributed by atoms with Crippen LogP contribution in [0, 0.1) is 5.82 Å². The lowest BCUT2D eigenvalue weighted by Gasteiger charge is -2.16. The molecule has 0 aromatic heterocycles. The third-order valence-electron chi connectivity index (χ3n) is 2.36. The van der Waals surface area contributed by atoms with Gasteiger partial charge in [0.25, 0.3) is 0 Å². The summed E-state index contributed by atoms with van der Waals surface area (Å²) in [6.45, 7) is -2.80. The van der Waals surface area contributed by atoms with Crippen LogP contribution in [0.25, 0.3) is 0 Å². The van der Waals surface area contributed by atoms with Gasteiger partial charge in [-0.1, -0.05) is 11.6 Å². The molecular formula is C10H9ClF5NO3S. The van der Waals surface area contributed by atoms with Crippen LogP contribution >= 0.6 is 11.6 Å². The van der Waals surface area contributed by atoms with Gasteiger partial charge in [0.05, 0.1) is 13.2 Å². The molecule has 1 rings (SSSR count). The van der Waals surface area contributed by atoms with Crippen molar-refractivity contribution >= 4 is 21.6 Å². The smallest absolute Gasteiger partial charge is 0.320 e. The number of aliphatic hydroxyl groups is 1. The maximum Gasteiger partial charge on any atom is 0.320 e. The molecule has 1 aromatic rings. The van der Waals surface area contributed by atoms with E-state index in [2.05, 4.69) is 0 Å². The monoisotopic (exact) mass is 353 g/mol. The fraction of sp³-hybridized carbons (Fsp3) is 0.400. The van der Waals surface area contributed by atoms with Gasteiger partial charge in [0, 0.05) is 10.6 Å². The number of hydrogen-bond acceptors (Lipinski definition) is 3. The number of rotatable bonds is 6. The van der Waals surface area contributed by atoms with Gasteiger partial charge in [0.2, 0.25) is 10.0 Å². The van der Waals surface area contributed by atoms with Crippen molar-refractivity contribution in [3.63, 3.8) is 0 Å². The van der Waals surface area contributed by atoms with Crippen molar-refractivity contribution in [1.82, 2.24) is 4.72 Å². The van der Waals surface area contributed by atoms with E-state index in [9.17, 15) is 30.4 Å². The van der Waals surface area contributed by atoms with E-state index in [4.69, 9.17) is 16.7 Å². The lowest BCUT2D eigenvalue weighted by Crippen LogP contribution is -2.41. The van der Waals surface area contributed by atoms with Gasteiger partial charge < -0.3 is 5.11 Å². The average Bonchev–Trinajstić information content (AvgIpc) is 2.38. The molecule has 0 unspecified atom stereocenters. The van der Waals surface area contributed by atoms with Crippen molar-refractivity contribution in [1.29, 1.82) is 0 Å². The molecule has 0 saturated carbocycles. The van der Waals surface area contributed by atoms with Gasteiger partial charge in [-0.25, -0.2) is 26.3 Å². The van der Waals surface area contributed by atoms with Crippen molar-refractivity contribution in [2.45, 2.75) is 23.9 Å². The minimum atomic E-state index is -4.85. The molecule has 0 aliphatic heterocycles. The lowest BCUT2D eigenvalue weighted by atomic mass is 10.2. The van der Waals surface area contributed by atoms with Crippen molar-refractivity contribution in [2.24, 2.45) is 0 Å². The molecule has 21 heavy (non-hydrogen) atoms. The molecule has 120 valence electrons. The van der Waals surface area contributed by atoms with Crippen LogP contribution in [0.3, 0.4) is 0 Å². The highest BCUT2D eigenvalue weighted by Crippen LogP contribution is 2.26. The Kier molecular flexibility index (Phi) is 5.53. The van der Waals surface area contributed by atoms with E-state index >= 15 is 0 Å². The number of aliphatic hydroxyl groups excluding tert-OH is 1. The molecule has 0 radical (unpaired) electrons. The van der Waals surface area contributed by atoms with Crippen LogP contribution in [0.4, 0.5) is 22.0 Å². The highest BCUT2D eigenvalue weighted by molar-refractivity contribution is 7.89. The van der Waals surface area contributed by atoms with Crippen LogP contribution < -0.4 is 4.72 Å². The molecule has 1 aromatic carbocycles. The van der Waals surface area contributed by atoms with Crippen molar-refractivity contribution in [3.8, 4) is 0 Å². The fourth-order valence-electron chi connectivity index (χ4n) is 1.28. The maximum atomic E-state index is 13.8. The topological polar surface area (TPSA) is 66.4 Å². The summed E-state index contributed by atoms with van der Waals surface area (Å²) in [5.74, 6) is -6.02. The Morgan fingerprint density at radius 3 is 2.38 bits per heavy atom. The van der Waals surface area contributed by atoms with Crippen molar-refractivity contribution in [3.05, 3.63) is 28.5 Å². The predicted molar refractivity (Wildman–Crippen MR) is 63.5 cm³/mol. The molecule has 0 saturated heterocycles. The van der Waals surface area contributed by atoms with Crippen LogP contribution in [-0.4, -0.2) is 32.4 Å². The predicted octanol–water partition coefficient (Wildman–Crippen LogP) is 2.15. The first kappa shape index (κ1) is 18.1. The van der Waals surface area contributed by atoms with Gasteiger partial charge in [-0.05, 0) is 12.1 Å². The van der Waals surface area contributed by atoms with Gasteiger partial charge >= 0.3 is 12.3 Å². The summed E-state index contributed by atoms with van der Waals surface area (Å²) in [5, 5.41) is 8.56. The van der Waals surface area contributed by atoms with Crippen molar-refractivity contribution in [2.75, 3.05) is 6.54 Å². The zero-order chi connectivity index (χ0) is 16.4. The first-order valence-electron chi connectivity index (χ1n) is 5.25. The number of halogens is 6. The largest absolute Gasteiger partial charge is 0.392 e. The van der Waals surface area contributed by atoms with Gasteiger partial charge in [0.15, 0.2) is 0 Å². The second-order valence-electron chi connectivity index (χ2n) is 3.92. The molecule has 0 aliphatic carbocycles. The molecule has 2 N–H and O–H groups in total. The minimum Gasteiger partial charge on any atom is -0.392 e. The summed E-state index contributed by atoms with van der Waals surface area (Å²) in [7, 11) is -4.85. The Labute approximate surface area is 121 Å². The third-order valence-corrected chi connectivity index (χ3v) is 3.98. The van der Waals surface area contributed by atoms with E-state index < -0.39 is 51.8 Å². The molecule has 0 fully saturated rings. The van der Waals surface area contributed by atoms with E-state index in [1.165, 1.54) is 4.72 Å². The molecule has 0 spiro atoms. The van der Waals surface area contributed by atoms with Crippen LogP contribution in [-0.2, 0) is 16.6 Å². The van der Waals surface area contributed by atoms with E-state index in [0.717, 1.165) is 6.07 Å². The Morgan fingerprint density at radius 1 is 1.33 bits per heavy atom. The zero-order valence-corrected chi connectivity index (χ0v) is 11.7. The summed E-state index contributed by atoms with van der Waals surface area (Å²) < 4.78 is 87.5. The molecule has 4 nitrogen and oxygen atoms in total. The standard InChI is InChI=1S/C10H9ClF5NO3S/c11-6-1-5(3-18)8(12)7(2-6)21(19,20)17-4-10(15,16)9(13)14/h1-2,9,17-18H,3-4H2. The number of nitrogens with one attached hydrogen (secondary N) is 1. The molecular weight excluding hydrogens is 345 g/mol.